The van der Waals surface area contributed by atoms with Gasteiger partial charge in [0.15, 0.2) is 0 Å². The average molecular weight is 1480 g/mol. The maximum Gasteiger partial charge on any atom is 0.347 e. The molecule has 2 N–H and O–H groups in total. The Labute approximate surface area is 644 Å². The van der Waals surface area contributed by atoms with Crippen molar-refractivity contribution in [3.05, 3.63) is 219 Å². The molecule has 0 fully saturated rings. The van der Waals surface area contributed by atoms with E-state index in [1.165, 1.54) is 6.08 Å². The van der Waals surface area contributed by atoms with Gasteiger partial charge in [-0.25, -0.2) is 29.1 Å². The lowest BCUT2D eigenvalue weighted by atomic mass is 9.94. The van der Waals surface area contributed by atoms with Gasteiger partial charge in [-0.05, 0) is 160 Å². The van der Waals surface area contributed by atoms with Crippen molar-refractivity contribution < 1.29 is 57.1 Å². The molecule has 0 saturated carbocycles. The fourth-order valence-electron chi connectivity index (χ4n) is 15.6. The molecule has 0 amide bonds. The summed E-state index contributed by atoms with van der Waals surface area (Å²) in [4.78, 5) is 73.7. The molecule has 9 aromatic rings. The zero-order valence-corrected chi connectivity index (χ0v) is 65.8. The van der Waals surface area contributed by atoms with Gasteiger partial charge in [0.2, 0.25) is 0 Å². The summed E-state index contributed by atoms with van der Waals surface area (Å²) in [5.41, 5.74) is 20.2. The third kappa shape index (κ3) is 16.3. The van der Waals surface area contributed by atoms with Gasteiger partial charge in [-0.2, -0.15) is 0 Å². The molecule has 566 valence electrons. The van der Waals surface area contributed by atoms with Crippen LogP contribution < -0.4 is 18.9 Å². The molecule has 3 aromatic heterocycles. The minimum Gasteiger partial charge on any atom is -0.489 e. The first kappa shape index (κ1) is 76.8. The highest BCUT2D eigenvalue weighted by molar-refractivity contribution is 6.14. The third-order valence-electron chi connectivity index (χ3n) is 20.7. The molecule has 0 atom stereocenters. The highest BCUT2D eigenvalue weighted by atomic mass is 16.5. The zero-order valence-electron chi connectivity index (χ0n) is 65.8. The lowest BCUT2D eigenvalue weighted by Gasteiger charge is -2.27. The van der Waals surface area contributed by atoms with Crippen LogP contribution in [0.4, 0.5) is 0 Å². The second-order valence-electron chi connectivity index (χ2n) is 31.8. The van der Waals surface area contributed by atoms with E-state index in [9.17, 15) is 19.2 Å². The molecule has 0 radical (unpaired) electrons. The zero-order chi connectivity index (χ0) is 77.9. The summed E-state index contributed by atoms with van der Waals surface area (Å²) in [6.45, 7) is 34.5. The molecule has 6 aromatic carbocycles. The van der Waals surface area contributed by atoms with E-state index in [1.807, 2.05) is 60.7 Å². The van der Waals surface area contributed by atoms with E-state index in [4.69, 9.17) is 47.9 Å². The lowest BCUT2D eigenvalue weighted by molar-refractivity contribution is -0.141. The van der Waals surface area contributed by atoms with Crippen molar-refractivity contribution in [2.45, 2.75) is 168 Å². The molecular weight excluding hydrogens is 1380 g/mol. The first-order chi connectivity index (χ1) is 52.8. The van der Waals surface area contributed by atoms with Gasteiger partial charge in [0, 0.05) is 55.4 Å². The minimum atomic E-state index is -0.557. The monoisotopic (exact) mass is 1470 g/mol. The normalized spacial score (nSPS) is 12.9. The van der Waals surface area contributed by atoms with Crippen molar-refractivity contribution in [3.63, 3.8) is 0 Å². The fraction of sp³-hybridized carbons (Fsp3) is 0.351. The highest BCUT2D eigenvalue weighted by Crippen LogP contribution is 2.50. The Morgan fingerprint density at radius 3 is 1.15 bits per heavy atom. The summed E-state index contributed by atoms with van der Waals surface area (Å²) < 4.78 is 53.1. The van der Waals surface area contributed by atoms with Crippen LogP contribution in [0, 0.1) is 47.3 Å². The first-order valence-corrected chi connectivity index (χ1v) is 38.6. The summed E-state index contributed by atoms with van der Waals surface area (Å²) in [5, 5.41) is 3.31. The summed E-state index contributed by atoms with van der Waals surface area (Å²) in [5.74, 6) is 1.59. The van der Waals surface area contributed by atoms with Gasteiger partial charge < -0.3 is 47.9 Å². The number of H-pyrrole nitrogens is 2. The van der Waals surface area contributed by atoms with Crippen LogP contribution in [0.2, 0.25) is 0 Å². The van der Waals surface area contributed by atoms with Gasteiger partial charge in [-0.3, -0.25) is 0 Å². The summed E-state index contributed by atoms with van der Waals surface area (Å²) in [7, 11) is 0. The van der Waals surface area contributed by atoms with Crippen molar-refractivity contribution in [1.29, 1.82) is 0 Å². The number of allylic oxidation sites excluding steroid dienone is 3. The van der Waals surface area contributed by atoms with Gasteiger partial charge in [-0.15, -0.1) is 0 Å². The van der Waals surface area contributed by atoms with Crippen LogP contribution in [-0.4, -0.2) is 68.2 Å². The van der Waals surface area contributed by atoms with Gasteiger partial charge in [0.25, 0.3) is 0 Å². The number of ether oxygens (including phenoxy) is 8. The van der Waals surface area contributed by atoms with E-state index in [0.717, 1.165) is 32.6 Å². The number of nitrogens with one attached hydrogen (secondary N) is 2. The Kier molecular flexibility index (Phi) is 22.9. The molecule has 110 heavy (non-hydrogen) atoms. The smallest absolute Gasteiger partial charge is 0.347 e. The largest absolute Gasteiger partial charge is 0.489 e. The van der Waals surface area contributed by atoms with E-state index < -0.39 is 17.9 Å². The van der Waals surface area contributed by atoms with Gasteiger partial charge in [-0.1, -0.05) is 195 Å². The van der Waals surface area contributed by atoms with Crippen LogP contribution in [-0.2, 0) is 55.0 Å². The number of benzene rings is 6. The molecule has 5 heterocycles. The van der Waals surface area contributed by atoms with E-state index in [0.29, 0.717) is 124 Å². The Bertz CT molecular complexity index is 5300. The quantitative estimate of drug-likeness (QED) is 0.0267. The molecule has 0 unspecified atom stereocenters. The van der Waals surface area contributed by atoms with Crippen LogP contribution in [0.5, 0.6) is 23.0 Å². The van der Waals surface area contributed by atoms with Crippen molar-refractivity contribution in [3.8, 4) is 68.0 Å². The van der Waals surface area contributed by atoms with Gasteiger partial charge in [0.05, 0.1) is 56.1 Å². The summed E-state index contributed by atoms with van der Waals surface area (Å²) >= 11 is 0. The molecule has 8 bridgehead atoms. The standard InChI is InChI=1S/C94H98N4O12/c1-51(2)87(52(3)4)107-77-29-21-27-67-69-43-75-85-79(109-89(55(9)10)56(11)12)42-40-66(50-106-94(102)64-37-33-60(34-38-64)48-104-92(100)62-25-19-20-26-62)82(85)72(98-75)46-74-84-68(28-22-30-78(84)108-88(53(5)6)54(7)8)70(96-74)44-76-86-80(110-90(57(13)14)58(15)16)41-39-65(81(86)71(97-76)45-73(95-69)83(67)77)49-105-93(101)63-35-31-59(32-36-63)47-103-91(99)61-23-17-18-24-61/h17-18,21-23,25,27-46,51-58,87-90,95-96H,24,47-50H2,1-16H3. The SMILES string of the molecule is CC(C)C(Oc1ccc(COC(=O)c2ccc(COC(=O)C3=C=C=C=C3)cc2)c2c1-c1cc3[nH]c(cc4nc(cc5[nH]c(cc-2n1)c1c(OC(C(C)C)C(C)C)cccc51)-c1c(OC(C(C)C)C(C)C)ccc(COC(=O)c2ccc(COC(=O)C5=CC=CC5)cc2)c1-4)c1c(OC(C(C)C)C(C)C)cccc31)C(C)C. The Morgan fingerprint density at radius 1 is 0.400 bits per heavy atom. The van der Waals surface area contributed by atoms with Crippen molar-refractivity contribution in [2.24, 2.45) is 47.3 Å². The van der Waals surface area contributed by atoms with Crippen LogP contribution in [0.15, 0.2) is 186 Å². The molecule has 2 aliphatic heterocycles. The number of aromatic nitrogens is 4. The van der Waals surface area contributed by atoms with Crippen molar-refractivity contribution in [1.82, 2.24) is 19.9 Å². The second kappa shape index (κ2) is 32.8. The second-order valence-corrected chi connectivity index (χ2v) is 31.8. The van der Waals surface area contributed by atoms with Crippen LogP contribution in [0.25, 0.3) is 88.6 Å². The summed E-state index contributed by atoms with van der Waals surface area (Å²) in [6, 6.07) is 42.2. The molecule has 13 rings (SSSR count). The molecule has 16 heteroatoms. The Hall–Kier alpha value is -11.4. The van der Waals surface area contributed by atoms with Crippen LogP contribution in [0.1, 0.15) is 160 Å². The molecular formula is C94H98N4O12. The third-order valence-corrected chi connectivity index (χ3v) is 20.7. The number of rotatable bonds is 28. The lowest BCUT2D eigenvalue weighted by Crippen LogP contribution is -2.29. The number of nitrogens with zero attached hydrogens (tertiary/aromatic N) is 2. The number of hydrogen-bond donors (Lipinski definition) is 2. The maximum atomic E-state index is 14.4. The number of carbonyl (C=O) groups is 4. The van der Waals surface area contributed by atoms with E-state index in [2.05, 4.69) is 174 Å². The number of aromatic amines is 2. The molecule has 4 aliphatic rings. The van der Waals surface area contributed by atoms with E-state index in [-0.39, 0.29) is 110 Å². The van der Waals surface area contributed by atoms with Gasteiger partial charge in [0.1, 0.15) is 79.4 Å². The predicted molar refractivity (Wildman–Crippen MR) is 432 cm³/mol. The Balaban J connectivity index is 1.05. The van der Waals surface area contributed by atoms with Crippen molar-refractivity contribution in [2.75, 3.05) is 0 Å². The van der Waals surface area contributed by atoms with Crippen LogP contribution >= 0.6 is 0 Å². The van der Waals surface area contributed by atoms with E-state index >= 15 is 0 Å². The topological polar surface area (TPSA) is 199 Å². The summed E-state index contributed by atoms with van der Waals surface area (Å²) in [6.07, 6.45) is 6.74. The van der Waals surface area contributed by atoms with Crippen molar-refractivity contribution >= 4 is 67.5 Å². The average Bonchev–Trinajstić information content (AvgIpc) is 1.59. The number of fused-ring (bicyclic) bond motifs is 20. The highest BCUT2D eigenvalue weighted by Gasteiger charge is 2.34. The molecule has 0 spiro atoms. The minimum absolute atomic E-state index is 0.0179. The fourth-order valence-corrected chi connectivity index (χ4v) is 15.6. The van der Waals surface area contributed by atoms with Gasteiger partial charge >= 0.3 is 23.9 Å². The van der Waals surface area contributed by atoms with Crippen LogP contribution in [0.3, 0.4) is 0 Å². The number of carbonyl (C=O) groups excluding carboxylic acids is 4. The maximum absolute atomic E-state index is 14.4. The number of esters is 4. The molecule has 0 saturated heterocycles. The predicted octanol–water partition coefficient (Wildman–Crippen LogP) is 21.6. The molecule has 16 nitrogen and oxygen atoms in total. The Morgan fingerprint density at radius 2 is 0.773 bits per heavy atom. The molecule has 2 aliphatic carbocycles. The van der Waals surface area contributed by atoms with E-state index in [1.54, 1.807) is 54.6 Å². The first-order valence-electron chi connectivity index (χ1n) is 38.6. The number of hydrogen-bond acceptors (Lipinski definition) is 14.